The van der Waals surface area contributed by atoms with E-state index in [-0.39, 0.29) is 12.4 Å². The van der Waals surface area contributed by atoms with Crippen molar-refractivity contribution in [1.82, 2.24) is 0 Å². The smallest absolute Gasteiger partial charge is 0.309 e. The van der Waals surface area contributed by atoms with Crippen molar-refractivity contribution in [3.05, 3.63) is 41.5 Å². The second-order valence-corrected chi connectivity index (χ2v) is 2.88. The van der Waals surface area contributed by atoms with Crippen molar-refractivity contribution in [1.29, 1.82) is 5.26 Å². The van der Waals surface area contributed by atoms with Gasteiger partial charge in [0.2, 0.25) is 0 Å². The average Bonchev–Trinajstić information content (AvgIpc) is 2.29. The maximum atomic E-state index is 10.8. The maximum Gasteiger partial charge on any atom is 0.309 e. The van der Waals surface area contributed by atoms with E-state index < -0.39 is 0 Å². The van der Waals surface area contributed by atoms with Crippen LogP contribution in [0.4, 0.5) is 0 Å². The van der Waals surface area contributed by atoms with Crippen LogP contribution in [0.25, 0.3) is 6.08 Å². The minimum atomic E-state index is -0.291. The van der Waals surface area contributed by atoms with Crippen molar-refractivity contribution in [2.45, 2.75) is 6.42 Å². The minimum absolute atomic E-state index is 0.219. The van der Waals surface area contributed by atoms with E-state index in [9.17, 15) is 4.79 Å². The lowest BCUT2D eigenvalue weighted by Crippen LogP contribution is -1.96. The van der Waals surface area contributed by atoms with E-state index in [2.05, 4.69) is 10.8 Å². The summed E-state index contributed by atoms with van der Waals surface area (Å²) < 4.78 is 4.49. The Bertz CT molecular complexity index is 416. The molecule has 0 aliphatic rings. The molecular weight excluding hydrogens is 190 g/mol. The molecule has 15 heavy (non-hydrogen) atoms. The summed E-state index contributed by atoms with van der Waals surface area (Å²) in [6.45, 7) is 0. The van der Waals surface area contributed by atoms with E-state index >= 15 is 0 Å². The van der Waals surface area contributed by atoms with Gasteiger partial charge in [-0.25, -0.2) is 0 Å². The quantitative estimate of drug-likeness (QED) is 0.704. The zero-order valence-electron chi connectivity index (χ0n) is 8.43. The fourth-order valence-corrected chi connectivity index (χ4v) is 1.11. The third-order valence-corrected chi connectivity index (χ3v) is 1.89. The van der Waals surface area contributed by atoms with Gasteiger partial charge < -0.3 is 4.74 Å². The third kappa shape index (κ3) is 3.28. The number of ether oxygens (including phenoxy) is 1. The van der Waals surface area contributed by atoms with Crippen LogP contribution < -0.4 is 0 Å². The second kappa shape index (κ2) is 5.61. The zero-order chi connectivity index (χ0) is 11.1. The first-order valence-corrected chi connectivity index (χ1v) is 4.50. The molecule has 3 nitrogen and oxygen atoms in total. The highest BCUT2D eigenvalue weighted by Gasteiger charge is 1.97. The van der Waals surface area contributed by atoms with Gasteiger partial charge in [-0.1, -0.05) is 30.4 Å². The van der Waals surface area contributed by atoms with Gasteiger partial charge in [-0.05, 0) is 11.6 Å². The largest absolute Gasteiger partial charge is 0.469 e. The summed E-state index contributed by atoms with van der Waals surface area (Å²) >= 11 is 0. The third-order valence-electron chi connectivity index (χ3n) is 1.89. The fourth-order valence-electron chi connectivity index (χ4n) is 1.11. The maximum absolute atomic E-state index is 10.8. The topological polar surface area (TPSA) is 50.1 Å². The Kier molecular flexibility index (Phi) is 4.11. The van der Waals surface area contributed by atoms with Gasteiger partial charge in [0.15, 0.2) is 0 Å². The molecule has 1 aromatic rings. The van der Waals surface area contributed by atoms with Gasteiger partial charge in [0.1, 0.15) is 0 Å². The summed E-state index contributed by atoms with van der Waals surface area (Å²) in [6, 6.07) is 9.29. The molecule has 0 saturated heterocycles. The number of nitriles is 1. The number of carbonyl (C=O) groups excluding carboxylic acids is 1. The highest BCUT2D eigenvalue weighted by molar-refractivity contribution is 5.72. The average molecular weight is 201 g/mol. The Labute approximate surface area is 88.6 Å². The summed E-state index contributed by atoms with van der Waals surface area (Å²) in [4.78, 5) is 10.8. The number of esters is 1. The molecule has 0 aromatic heterocycles. The predicted octanol–water partition coefficient (Wildman–Crippen LogP) is 2.13. The number of rotatable bonds is 3. The molecule has 0 fully saturated rings. The van der Waals surface area contributed by atoms with Gasteiger partial charge in [-0.2, -0.15) is 5.26 Å². The number of benzene rings is 1. The van der Waals surface area contributed by atoms with Gasteiger partial charge in [-0.3, -0.25) is 4.79 Å². The van der Waals surface area contributed by atoms with Crippen LogP contribution in [0.2, 0.25) is 0 Å². The molecule has 3 heteroatoms. The Morgan fingerprint density at radius 3 is 2.93 bits per heavy atom. The number of nitrogens with zero attached hydrogens (tertiary/aromatic N) is 1. The predicted molar refractivity (Wildman–Crippen MR) is 56.8 cm³/mol. The van der Waals surface area contributed by atoms with Crippen LogP contribution >= 0.6 is 0 Å². The van der Waals surface area contributed by atoms with Crippen LogP contribution in [0.1, 0.15) is 17.5 Å². The highest BCUT2D eigenvalue weighted by Crippen LogP contribution is 2.09. The lowest BCUT2D eigenvalue weighted by atomic mass is 10.1. The second-order valence-electron chi connectivity index (χ2n) is 2.88. The van der Waals surface area contributed by atoms with Crippen molar-refractivity contribution in [3.8, 4) is 6.07 Å². The summed E-state index contributed by atoms with van der Waals surface area (Å²) in [5.74, 6) is -0.291. The standard InChI is InChI=1S/C12H11NO2/c1-15-12(14)8-4-7-10-5-2-3-6-11(10)9-13/h2-7H,8H2,1H3. The molecule has 0 saturated carbocycles. The van der Waals surface area contributed by atoms with Gasteiger partial charge in [0.05, 0.1) is 25.2 Å². The van der Waals surface area contributed by atoms with Crippen molar-refractivity contribution in [3.63, 3.8) is 0 Å². The van der Waals surface area contributed by atoms with E-state index in [1.54, 1.807) is 24.3 Å². The van der Waals surface area contributed by atoms with Crippen LogP contribution in [-0.4, -0.2) is 13.1 Å². The summed E-state index contributed by atoms with van der Waals surface area (Å²) in [5, 5.41) is 8.80. The van der Waals surface area contributed by atoms with E-state index in [1.165, 1.54) is 7.11 Å². The van der Waals surface area contributed by atoms with E-state index in [1.807, 2.05) is 12.1 Å². The number of hydrogen-bond donors (Lipinski definition) is 0. The van der Waals surface area contributed by atoms with Gasteiger partial charge in [0, 0.05) is 0 Å². The Morgan fingerprint density at radius 2 is 2.27 bits per heavy atom. The van der Waals surface area contributed by atoms with Crippen molar-refractivity contribution < 1.29 is 9.53 Å². The van der Waals surface area contributed by atoms with E-state index in [0.29, 0.717) is 5.56 Å². The first kappa shape index (κ1) is 11.0. The van der Waals surface area contributed by atoms with Crippen LogP contribution in [0, 0.1) is 11.3 Å². The molecule has 76 valence electrons. The Hall–Kier alpha value is -2.08. The van der Waals surface area contributed by atoms with Gasteiger partial charge in [-0.15, -0.1) is 0 Å². The fraction of sp³-hybridized carbons (Fsp3) is 0.167. The summed E-state index contributed by atoms with van der Waals surface area (Å²) in [7, 11) is 1.35. The molecular formula is C12H11NO2. The van der Waals surface area contributed by atoms with E-state index in [4.69, 9.17) is 5.26 Å². The molecule has 0 atom stereocenters. The molecule has 0 bridgehead atoms. The molecule has 0 aliphatic heterocycles. The molecule has 0 aliphatic carbocycles. The van der Waals surface area contributed by atoms with Gasteiger partial charge in [0.25, 0.3) is 0 Å². The molecule has 0 amide bonds. The van der Waals surface area contributed by atoms with Crippen molar-refractivity contribution in [2.75, 3.05) is 7.11 Å². The Morgan fingerprint density at radius 1 is 1.53 bits per heavy atom. The lowest BCUT2D eigenvalue weighted by Gasteiger charge is -1.96. The number of hydrogen-bond acceptors (Lipinski definition) is 3. The molecule has 0 N–H and O–H groups in total. The first-order valence-electron chi connectivity index (χ1n) is 4.50. The van der Waals surface area contributed by atoms with Crippen LogP contribution in [0.5, 0.6) is 0 Å². The van der Waals surface area contributed by atoms with Crippen LogP contribution in [0.3, 0.4) is 0 Å². The van der Waals surface area contributed by atoms with Gasteiger partial charge >= 0.3 is 5.97 Å². The first-order chi connectivity index (χ1) is 7.27. The SMILES string of the molecule is COC(=O)CC=Cc1ccccc1C#N. The van der Waals surface area contributed by atoms with Crippen LogP contribution in [0.15, 0.2) is 30.3 Å². The summed E-state index contributed by atoms with van der Waals surface area (Å²) in [6.07, 6.45) is 3.65. The van der Waals surface area contributed by atoms with E-state index in [0.717, 1.165) is 5.56 Å². The monoisotopic (exact) mass is 201 g/mol. The lowest BCUT2D eigenvalue weighted by molar-refractivity contribution is -0.139. The zero-order valence-corrected chi connectivity index (χ0v) is 8.43. The van der Waals surface area contributed by atoms with Crippen LogP contribution in [-0.2, 0) is 9.53 Å². The molecule has 0 radical (unpaired) electrons. The minimum Gasteiger partial charge on any atom is -0.469 e. The molecule has 0 unspecified atom stereocenters. The van der Waals surface area contributed by atoms with Crippen molar-refractivity contribution >= 4 is 12.0 Å². The molecule has 0 heterocycles. The highest BCUT2D eigenvalue weighted by atomic mass is 16.5. The Balaban J connectivity index is 2.73. The normalized spacial score (nSPS) is 9.87. The molecule has 1 aromatic carbocycles. The molecule has 1 rings (SSSR count). The summed E-state index contributed by atoms with van der Waals surface area (Å²) in [5.41, 5.74) is 1.41. The molecule has 0 spiro atoms. The van der Waals surface area contributed by atoms with Crippen molar-refractivity contribution in [2.24, 2.45) is 0 Å². The number of carbonyl (C=O) groups is 1. The number of methoxy groups -OCH3 is 1.